The molecular formula is C20H17N3O3. The molecule has 2 aromatic heterocycles. The molecule has 6 nitrogen and oxygen atoms in total. The van der Waals surface area contributed by atoms with Crippen LogP contribution < -0.4 is 5.56 Å². The van der Waals surface area contributed by atoms with Crippen molar-refractivity contribution >= 4 is 5.91 Å². The lowest BCUT2D eigenvalue weighted by atomic mass is 10.1. The Labute approximate surface area is 150 Å². The van der Waals surface area contributed by atoms with Gasteiger partial charge in [0.1, 0.15) is 5.76 Å². The Hall–Kier alpha value is -3.59. The lowest BCUT2D eigenvalue weighted by molar-refractivity contribution is 0.0751. The molecule has 0 atom stereocenters. The number of nitrogens with zero attached hydrogens (tertiary/aromatic N) is 3. The SMILES string of the molecule is CN(Cc1ccc(C#N)cc1)C(=O)c1ccc(Cn2ccccc2=O)o1. The Morgan fingerprint density at radius 2 is 1.92 bits per heavy atom. The van der Waals surface area contributed by atoms with Crippen LogP contribution in [0.2, 0.25) is 0 Å². The molecule has 3 aromatic rings. The van der Waals surface area contributed by atoms with Gasteiger partial charge in [0.05, 0.1) is 18.2 Å². The van der Waals surface area contributed by atoms with Crippen molar-refractivity contribution in [3.05, 3.63) is 93.8 Å². The van der Waals surface area contributed by atoms with Crippen molar-refractivity contribution in [2.45, 2.75) is 13.1 Å². The maximum Gasteiger partial charge on any atom is 0.289 e. The van der Waals surface area contributed by atoms with Crippen LogP contribution >= 0.6 is 0 Å². The van der Waals surface area contributed by atoms with Gasteiger partial charge in [0, 0.05) is 25.9 Å². The second kappa shape index (κ2) is 7.53. The number of rotatable bonds is 5. The highest BCUT2D eigenvalue weighted by molar-refractivity contribution is 5.91. The van der Waals surface area contributed by atoms with Crippen molar-refractivity contribution in [2.24, 2.45) is 0 Å². The lowest BCUT2D eigenvalue weighted by Crippen LogP contribution is -2.25. The van der Waals surface area contributed by atoms with E-state index in [4.69, 9.17) is 9.68 Å². The summed E-state index contributed by atoms with van der Waals surface area (Å²) in [6, 6.07) is 17.4. The highest BCUT2D eigenvalue weighted by Gasteiger charge is 2.16. The summed E-state index contributed by atoms with van der Waals surface area (Å²) in [5.41, 5.74) is 1.37. The van der Waals surface area contributed by atoms with Crippen molar-refractivity contribution in [2.75, 3.05) is 7.05 Å². The number of hydrogen-bond acceptors (Lipinski definition) is 4. The van der Waals surface area contributed by atoms with Crippen LogP contribution in [0.15, 0.2) is 70.0 Å². The van der Waals surface area contributed by atoms with E-state index >= 15 is 0 Å². The molecule has 3 rings (SSSR count). The van der Waals surface area contributed by atoms with Gasteiger partial charge in [0.25, 0.3) is 11.5 Å². The maximum absolute atomic E-state index is 12.5. The Morgan fingerprint density at radius 1 is 1.15 bits per heavy atom. The average molecular weight is 347 g/mol. The van der Waals surface area contributed by atoms with E-state index in [1.54, 1.807) is 54.5 Å². The standard InChI is InChI=1S/C20H17N3O3/c1-22(13-16-7-5-15(12-21)6-8-16)20(25)18-10-9-17(26-18)14-23-11-3-2-4-19(23)24/h2-11H,13-14H2,1H3. The molecule has 0 fully saturated rings. The number of carbonyl (C=O) groups excluding carboxylic acids is 1. The highest BCUT2D eigenvalue weighted by atomic mass is 16.4. The Morgan fingerprint density at radius 3 is 2.62 bits per heavy atom. The van der Waals surface area contributed by atoms with Gasteiger partial charge in [-0.1, -0.05) is 18.2 Å². The molecule has 0 radical (unpaired) electrons. The van der Waals surface area contributed by atoms with Gasteiger partial charge in [-0.05, 0) is 35.9 Å². The van der Waals surface area contributed by atoms with Gasteiger partial charge in [-0.15, -0.1) is 0 Å². The van der Waals surface area contributed by atoms with Crippen LogP contribution in [0.25, 0.3) is 0 Å². The summed E-state index contributed by atoms with van der Waals surface area (Å²) in [5, 5.41) is 8.82. The first-order chi connectivity index (χ1) is 12.6. The fraction of sp³-hybridized carbons (Fsp3) is 0.150. The van der Waals surface area contributed by atoms with E-state index < -0.39 is 0 Å². The summed E-state index contributed by atoms with van der Waals surface area (Å²) in [6.45, 7) is 0.672. The van der Waals surface area contributed by atoms with E-state index in [9.17, 15) is 9.59 Å². The van der Waals surface area contributed by atoms with Crippen molar-refractivity contribution in [1.82, 2.24) is 9.47 Å². The number of carbonyl (C=O) groups is 1. The van der Waals surface area contributed by atoms with E-state index in [0.29, 0.717) is 17.9 Å². The fourth-order valence-corrected chi connectivity index (χ4v) is 2.56. The topological polar surface area (TPSA) is 79.2 Å². The monoisotopic (exact) mass is 347 g/mol. The maximum atomic E-state index is 12.5. The second-order valence-electron chi connectivity index (χ2n) is 5.90. The van der Waals surface area contributed by atoms with Crippen molar-refractivity contribution in [3.8, 4) is 6.07 Å². The van der Waals surface area contributed by atoms with E-state index in [1.165, 1.54) is 10.6 Å². The van der Waals surface area contributed by atoms with Crippen molar-refractivity contribution < 1.29 is 9.21 Å². The quantitative estimate of drug-likeness (QED) is 0.711. The number of aromatic nitrogens is 1. The Kier molecular flexibility index (Phi) is 4.99. The van der Waals surface area contributed by atoms with E-state index in [-0.39, 0.29) is 23.8 Å². The van der Waals surface area contributed by atoms with Crippen LogP contribution in [0.5, 0.6) is 0 Å². The zero-order valence-corrected chi connectivity index (χ0v) is 14.3. The molecule has 0 saturated heterocycles. The van der Waals surface area contributed by atoms with Crippen molar-refractivity contribution in [1.29, 1.82) is 5.26 Å². The van der Waals surface area contributed by atoms with Gasteiger partial charge in [-0.3, -0.25) is 9.59 Å². The van der Waals surface area contributed by atoms with Crippen LogP contribution in [-0.4, -0.2) is 22.4 Å². The lowest BCUT2D eigenvalue weighted by Gasteiger charge is -2.15. The molecule has 0 aliphatic heterocycles. The molecule has 0 aliphatic rings. The number of pyridine rings is 1. The molecule has 0 saturated carbocycles. The van der Waals surface area contributed by atoms with Crippen LogP contribution in [0.1, 0.15) is 27.4 Å². The zero-order chi connectivity index (χ0) is 18.5. The first kappa shape index (κ1) is 17.2. The van der Waals surface area contributed by atoms with E-state index in [2.05, 4.69) is 6.07 Å². The summed E-state index contributed by atoms with van der Waals surface area (Å²) in [4.78, 5) is 25.8. The minimum absolute atomic E-state index is 0.130. The normalized spacial score (nSPS) is 10.3. The summed E-state index contributed by atoms with van der Waals surface area (Å²) < 4.78 is 7.11. The predicted molar refractivity (Wildman–Crippen MR) is 95.5 cm³/mol. The first-order valence-corrected chi connectivity index (χ1v) is 8.05. The number of furan rings is 1. The van der Waals surface area contributed by atoms with Gasteiger partial charge >= 0.3 is 0 Å². The molecular weight excluding hydrogens is 330 g/mol. The molecule has 0 aliphatic carbocycles. The molecule has 130 valence electrons. The Balaban J connectivity index is 1.68. The predicted octanol–water partition coefficient (Wildman–Crippen LogP) is 2.63. The molecule has 0 N–H and O–H groups in total. The highest BCUT2D eigenvalue weighted by Crippen LogP contribution is 2.13. The number of benzene rings is 1. The van der Waals surface area contributed by atoms with Crippen LogP contribution in [0, 0.1) is 11.3 Å². The third-order valence-electron chi connectivity index (χ3n) is 3.95. The number of nitriles is 1. The van der Waals surface area contributed by atoms with E-state index in [1.807, 2.05) is 12.1 Å². The third kappa shape index (κ3) is 3.90. The smallest absolute Gasteiger partial charge is 0.289 e. The van der Waals surface area contributed by atoms with E-state index in [0.717, 1.165) is 5.56 Å². The summed E-state index contributed by atoms with van der Waals surface area (Å²) in [5.74, 6) is 0.509. The minimum atomic E-state index is -0.249. The summed E-state index contributed by atoms with van der Waals surface area (Å²) in [6.07, 6.45) is 1.67. The third-order valence-corrected chi connectivity index (χ3v) is 3.95. The van der Waals surface area contributed by atoms with Gasteiger partial charge in [0.15, 0.2) is 5.76 Å². The summed E-state index contributed by atoms with van der Waals surface area (Å²) in [7, 11) is 1.68. The van der Waals surface area contributed by atoms with Crippen molar-refractivity contribution in [3.63, 3.8) is 0 Å². The molecule has 1 amide bonds. The van der Waals surface area contributed by atoms with Gasteiger partial charge in [-0.25, -0.2) is 0 Å². The summed E-state index contributed by atoms with van der Waals surface area (Å²) >= 11 is 0. The van der Waals surface area contributed by atoms with Gasteiger partial charge in [-0.2, -0.15) is 5.26 Å². The van der Waals surface area contributed by atoms with Gasteiger partial charge in [0.2, 0.25) is 0 Å². The second-order valence-corrected chi connectivity index (χ2v) is 5.90. The fourth-order valence-electron chi connectivity index (χ4n) is 2.56. The van der Waals surface area contributed by atoms with Crippen LogP contribution in [-0.2, 0) is 13.1 Å². The Bertz CT molecular complexity index is 1010. The largest absolute Gasteiger partial charge is 0.454 e. The molecule has 0 spiro atoms. The zero-order valence-electron chi connectivity index (χ0n) is 14.3. The van der Waals surface area contributed by atoms with Crippen LogP contribution in [0.4, 0.5) is 0 Å². The molecule has 0 bridgehead atoms. The minimum Gasteiger partial charge on any atom is -0.454 e. The van der Waals surface area contributed by atoms with Crippen LogP contribution in [0.3, 0.4) is 0 Å². The first-order valence-electron chi connectivity index (χ1n) is 8.05. The molecule has 1 aromatic carbocycles. The molecule has 0 unspecified atom stereocenters. The molecule has 26 heavy (non-hydrogen) atoms. The number of hydrogen-bond donors (Lipinski definition) is 0. The number of amides is 1. The average Bonchev–Trinajstić information content (AvgIpc) is 3.12. The molecule has 2 heterocycles. The van der Waals surface area contributed by atoms with Gasteiger partial charge < -0.3 is 13.9 Å². The molecule has 6 heteroatoms.